The smallest absolute Gasteiger partial charge is 0.272 e. The fourth-order valence-electron chi connectivity index (χ4n) is 2.40. The highest BCUT2D eigenvalue weighted by Crippen LogP contribution is 2.21. The van der Waals surface area contributed by atoms with Crippen LogP contribution in [-0.2, 0) is 18.8 Å². The van der Waals surface area contributed by atoms with Crippen LogP contribution in [0.4, 0.5) is 0 Å². The Morgan fingerprint density at radius 1 is 1.42 bits per heavy atom. The first-order chi connectivity index (χ1) is 11.6. The normalized spacial score (nSPS) is 11.2. The van der Waals surface area contributed by atoms with Crippen molar-refractivity contribution in [3.8, 4) is 0 Å². The standard InChI is InChI=1S/C15H19N7OS/c1-4-5-21-13(8-16-3)18-19-15(21)24-9-11-7-14(23)22-12(17-11)6-10(2)20-22/h4,6-7,16,20H,1,5,8-9H2,2-3H3. The molecule has 0 atom stereocenters. The number of aryl methyl sites for hydroxylation is 1. The fraction of sp³-hybridized carbons (Fsp3) is 0.333. The number of hydrogen-bond donors (Lipinski definition) is 2. The number of H-pyrrole nitrogens is 1. The van der Waals surface area contributed by atoms with Gasteiger partial charge in [-0.1, -0.05) is 17.8 Å². The molecular weight excluding hydrogens is 326 g/mol. The zero-order valence-electron chi connectivity index (χ0n) is 13.6. The third-order valence-electron chi connectivity index (χ3n) is 3.42. The molecule has 0 unspecified atom stereocenters. The van der Waals surface area contributed by atoms with E-state index in [9.17, 15) is 4.79 Å². The van der Waals surface area contributed by atoms with E-state index in [1.807, 2.05) is 30.7 Å². The number of nitrogens with zero attached hydrogens (tertiary/aromatic N) is 5. The summed E-state index contributed by atoms with van der Waals surface area (Å²) in [4.78, 5) is 16.6. The van der Waals surface area contributed by atoms with Crippen LogP contribution in [0.1, 0.15) is 17.2 Å². The number of allylic oxidation sites excluding steroid dienone is 1. The number of aromatic amines is 1. The van der Waals surface area contributed by atoms with Gasteiger partial charge in [0.25, 0.3) is 5.56 Å². The van der Waals surface area contributed by atoms with Crippen LogP contribution < -0.4 is 10.9 Å². The second kappa shape index (κ2) is 7.02. The quantitative estimate of drug-likeness (QED) is 0.492. The molecule has 126 valence electrons. The molecule has 0 aliphatic heterocycles. The summed E-state index contributed by atoms with van der Waals surface area (Å²) in [5.41, 5.74) is 2.12. The van der Waals surface area contributed by atoms with Gasteiger partial charge in [-0.15, -0.1) is 16.8 Å². The summed E-state index contributed by atoms with van der Waals surface area (Å²) in [6.07, 6.45) is 1.81. The monoisotopic (exact) mass is 345 g/mol. The van der Waals surface area contributed by atoms with E-state index in [-0.39, 0.29) is 5.56 Å². The van der Waals surface area contributed by atoms with Crippen molar-refractivity contribution in [1.82, 2.24) is 34.7 Å². The molecule has 24 heavy (non-hydrogen) atoms. The van der Waals surface area contributed by atoms with Gasteiger partial charge in [-0.05, 0) is 14.0 Å². The Morgan fingerprint density at radius 2 is 2.25 bits per heavy atom. The average Bonchev–Trinajstić information content (AvgIpc) is 3.10. The minimum absolute atomic E-state index is 0.118. The number of fused-ring (bicyclic) bond motifs is 1. The second-order valence-corrected chi connectivity index (χ2v) is 6.28. The van der Waals surface area contributed by atoms with Crippen molar-refractivity contribution in [2.75, 3.05) is 7.05 Å². The van der Waals surface area contributed by atoms with E-state index in [2.05, 4.69) is 32.2 Å². The Kier molecular flexibility index (Phi) is 4.81. The van der Waals surface area contributed by atoms with Gasteiger partial charge in [0.2, 0.25) is 0 Å². The Labute approximate surface area is 143 Å². The van der Waals surface area contributed by atoms with Crippen LogP contribution in [0, 0.1) is 6.92 Å². The average molecular weight is 345 g/mol. The summed E-state index contributed by atoms with van der Waals surface area (Å²) < 4.78 is 3.44. The third kappa shape index (κ3) is 3.26. The molecule has 0 bridgehead atoms. The van der Waals surface area contributed by atoms with E-state index in [4.69, 9.17) is 0 Å². The van der Waals surface area contributed by atoms with E-state index in [0.717, 1.165) is 16.7 Å². The van der Waals surface area contributed by atoms with Gasteiger partial charge in [0.05, 0.1) is 12.2 Å². The van der Waals surface area contributed by atoms with Gasteiger partial charge in [0.1, 0.15) is 5.82 Å². The summed E-state index contributed by atoms with van der Waals surface area (Å²) in [5, 5.41) is 15.2. The topological polar surface area (TPSA) is 92.9 Å². The zero-order chi connectivity index (χ0) is 17.1. The number of thioether (sulfide) groups is 1. The molecule has 3 aromatic heterocycles. The van der Waals surface area contributed by atoms with Crippen molar-refractivity contribution in [3.05, 3.63) is 52.4 Å². The molecule has 9 heteroatoms. The van der Waals surface area contributed by atoms with Crippen molar-refractivity contribution in [1.29, 1.82) is 0 Å². The van der Waals surface area contributed by atoms with Crippen molar-refractivity contribution in [3.63, 3.8) is 0 Å². The maximum Gasteiger partial charge on any atom is 0.272 e. The molecule has 3 heterocycles. The van der Waals surface area contributed by atoms with Crippen LogP contribution in [0.2, 0.25) is 0 Å². The molecule has 8 nitrogen and oxygen atoms in total. The number of nitrogens with one attached hydrogen (secondary N) is 2. The third-order valence-corrected chi connectivity index (χ3v) is 4.42. The van der Waals surface area contributed by atoms with E-state index in [1.54, 1.807) is 6.07 Å². The lowest BCUT2D eigenvalue weighted by atomic mass is 10.4. The van der Waals surface area contributed by atoms with Crippen LogP contribution >= 0.6 is 11.8 Å². The lowest BCUT2D eigenvalue weighted by Gasteiger charge is -2.07. The van der Waals surface area contributed by atoms with Crippen LogP contribution in [-0.4, -0.2) is 36.4 Å². The first-order valence-electron chi connectivity index (χ1n) is 7.51. The highest BCUT2D eigenvalue weighted by molar-refractivity contribution is 7.98. The van der Waals surface area contributed by atoms with Gasteiger partial charge in [-0.25, -0.2) is 9.50 Å². The predicted molar refractivity (Wildman–Crippen MR) is 93.1 cm³/mol. The second-order valence-electron chi connectivity index (χ2n) is 5.34. The number of hydrogen-bond acceptors (Lipinski definition) is 6. The molecule has 0 amide bonds. The molecule has 2 N–H and O–H groups in total. The lowest BCUT2D eigenvalue weighted by molar-refractivity contribution is 0.646. The SMILES string of the molecule is C=CCn1c(CNC)nnc1SCc1cc(=O)n2[nH]c(C)cc2n1. The highest BCUT2D eigenvalue weighted by Gasteiger charge is 2.12. The summed E-state index contributed by atoms with van der Waals surface area (Å²) >= 11 is 1.50. The van der Waals surface area contributed by atoms with Gasteiger partial charge in [-0.3, -0.25) is 9.89 Å². The molecular formula is C15H19N7OS. The first kappa shape index (κ1) is 16.5. The highest BCUT2D eigenvalue weighted by atomic mass is 32.2. The van der Waals surface area contributed by atoms with E-state index < -0.39 is 0 Å². The van der Waals surface area contributed by atoms with E-state index >= 15 is 0 Å². The zero-order valence-corrected chi connectivity index (χ0v) is 14.4. The summed E-state index contributed by atoms with van der Waals surface area (Å²) in [7, 11) is 1.87. The Balaban J connectivity index is 1.83. The van der Waals surface area contributed by atoms with Crippen molar-refractivity contribution in [2.24, 2.45) is 0 Å². The van der Waals surface area contributed by atoms with Gasteiger partial charge in [0, 0.05) is 30.1 Å². The van der Waals surface area contributed by atoms with Crippen LogP contribution in [0.15, 0.2) is 34.7 Å². The molecule has 0 spiro atoms. The van der Waals surface area contributed by atoms with Crippen LogP contribution in [0.25, 0.3) is 5.65 Å². The predicted octanol–water partition coefficient (Wildman–Crippen LogP) is 1.12. The Hall–Kier alpha value is -2.39. The van der Waals surface area contributed by atoms with Crippen LogP contribution in [0.3, 0.4) is 0 Å². The van der Waals surface area contributed by atoms with E-state index in [1.165, 1.54) is 16.3 Å². The fourth-order valence-corrected chi connectivity index (χ4v) is 3.26. The van der Waals surface area contributed by atoms with Crippen molar-refractivity contribution >= 4 is 17.4 Å². The first-order valence-corrected chi connectivity index (χ1v) is 8.49. The number of rotatable bonds is 7. The number of aromatic nitrogens is 6. The molecule has 3 aromatic rings. The van der Waals surface area contributed by atoms with Gasteiger partial charge in [-0.2, -0.15) is 0 Å². The molecule has 0 aromatic carbocycles. The van der Waals surface area contributed by atoms with E-state index in [0.29, 0.717) is 30.2 Å². The molecule has 0 radical (unpaired) electrons. The molecule has 3 rings (SSSR count). The minimum Gasteiger partial charge on any atom is -0.313 e. The molecule has 0 saturated heterocycles. The molecule has 0 aliphatic rings. The minimum atomic E-state index is -0.118. The Morgan fingerprint density at radius 3 is 3.00 bits per heavy atom. The molecule has 0 saturated carbocycles. The van der Waals surface area contributed by atoms with Crippen molar-refractivity contribution in [2.45, 2.75) is 30.9 Å². The largest absolute Gasteiger partial charge is 0.313 e. The van der Waals surface area contributed by atoms with Crippen LogP contribution in [0.5, 0.6) is 0 Å². The maximum absolute atomic E-state index is 12.1. The Bertz CT molecular complexity index is 924. The summed E-state index contributed by atoms with van der Waals surface area (Å²) in [6.45, 7) is 6.94. The maximum atomic E-state index is 12.1. The lowest BCUT2D eigenvalue weighted by Crippen LogP contribution is -2.15. The summed E-state index contributed by atoms with van der Waals surface area (Å²) in [5.74, 6) is 1.40. The van der Waals surface area contributed by atoms with Crippen molar-refractivity contribution < 1.29 is 0 Å². The summed E-state index contributed by atoms with van der Waals surface area (Å²) in [6, 6.07) is 3.39. The molecule has 0 fully saturated rings. The van der Waals surface area contributed by atoms with Gasteiger partial charge < -0.3 is 9.88 Å². The van der Waals surface area contributed by atoms with Gasteiger partial charge >= 0.3 is 0 Å². The van der Waals surface area contributed by atoms with Gasteiger partial charge in [0.15, 0.2) is 10.8 Å². The molecule has 0 aliphatic carbocycles.